The van der Waals surface area contributed by atoms with Crippen LogP contribution in [0.2, 0.25) is 0 Å². The molecule has 1 aliphatic carbocycles. The van der Waals surface area contributed by atoms with Crippen molar-refractivity contribution >= 4 is 21.6 Å². The number of sulfonamides is 1. The number of aliphatic hydroxyl groups excluding tert-OH is 1. The third-order valence-electron chi connectivity index (χ3n) is 3.89. The van der Waals surface area contributed by atoms with E-state index >= 15 is 0 Å². The zero-order valence-corrected chi connectivity index (χ0v) is 13.6. The molecule has 0 aromatic heterocycles. The minimum atomic E-state index is -3.60. The van der Waals surface area contributed by atoms with Crippen molar-refractivity contribution in [2.75, 3.05) is 18.5 Å². The molecule has 7 heteroatoms. The van der Waals surface area contributed by atoms with Gasteiger partial charge >= 0.3 is 0 Å². The predicted octanol–water partition coefficient (Wildman–Crippen LogP) is 1.33. The Hall–Kier alpha value is -1.44. The number of carbonyl (C=O) groups is 1. The predicted molar refractivity (Wildman–Crippen MR) is 83.9 cm³/mol. The number of anilines is 1. The lowest BCUT2D eigenvalue weighted by Crippen LogP contribution is -2.31. The Kier molecular flexibility index (Phi) is 4.89. The summed E-state index contributed by atoms with van der Waals surface area (Å²) in [5.41, 5.74) is 0.282. The molecular weight excluding hydrogens is 304 g/mol. The molecule has 22 heavy (non-hydrogen) atoms. The summed E-state index contributed by atoms with van der Waals surface area (Å²) in [7, 11) is -3.60. The second-order valence-electron chi connectivity index (χ2n) is 6.15. The molecule has 3 N–H and O–H groups in total. The van der Waals surface area contributed by atoms with Gasteiger partial charge in [-0.2, -0.15) is 0 Å². The van der Waals surface area contributed by atoms with E-state index < -0.39 is 10.0 Å². The zero-order valence-electron chi connectivity index (χ0n) is 12.8. The van der Waals surface area contributed by atoms with E-state index in [2.05, 4.69) is 10.0 Å². The zero-order chi connectivity index (χ0) is 16.4. The van der Waals surface area contributed by atoms with Crippen LogP contribution in [0.1, 0.15) is 26.7 Å². The second-order valence-corrected chi connectivity index (χ2v) is 7.92. The van der Waals surface area contributed by atoms with Crippen molar-refractivity contribution in [1.29, 1.82) is 0 Å². The van der Waals surface area contributed by atoms with Crippen LogP contribution >= 0.6 is 0 Å². The molecule has 6 nitrogen and oxygen atoms in total. The van der Waals surface area contributed by atoms with Gasteiger partial charge in [0.2, 0.25) is 15.9 Å². The highest BCUT2D eigenvalue weighted by molar-refractivity contribution is 7.89. The summed E-state index contributed by atoms with van der Waals surface area (Å²) in [6.07, 6.45) is 1.68. The maximum Gasteiger partial charge on any atom is 0.240 e. The fraction of sp³-hybridized carbons (Fsp3) is 0.533. The van der Waals surface area contributed by atoms with E-state index in [1.165, 1.54) is 12.1 Å². The van der Waals surface area contributed by atoms with Crippen LogP contribution in [0.5, 0.6) is 0 Å². The fourth-order valence-electron chi connectivity index (χ4n) is 1.90. The Morgan fingerprint density at radius 1 is 1.27 bits per heavy atom. The van der Waals surface area contributed by atoms with Gasteiger partial charge in [0, 0.05) is 30.2 Å². The Bertz CT molecular complexity index is 634. The van der Waals surface area contributed by atoms with Gasteiger partial charge in [-0.1, -0.05) is 13.8 Å². The molecule has 1 fully saturated rings. The number of hydrogen-bond donors (Lipinski definition) is 3. The third-order valence-corrected chi connectivity index (χ3v) is 5.30. The van der Waals surface area contributed by atoms with Gasteiger partial charge in [-0.15, -0.1) is 0 Å². The topological polar surface area (TPSA) is 95.5 Å². The van der Waals surface area contributed by atoms with Gasteiger partial charge in [0.15, 0.2) is 0 Å². The molecule has 0 spiro atoms. The monoisotopic (exact) mass is 326 g/mol. The first-order valence-electron chi connectivity index (χ1n) is 7.29. The highest BCUT2D eigenvalue weighted by atomic mass is 32.2. The van der Waals surface area contributed by atoms with E-state index in [9.17, 15) is 18.3 Å². The minimum Gasteiger partial charge on any atom is -0.396 e. The number of rotatable bonds is 7. The molecule has 1 saturated carbocycles. The molecule has 122 valence electrons. The Morgan fingerprint density at radius 3 is 2.32 bits per heavy atom. The largest absolute Gasteiger partial charge is 0.396 e. The molecule has 1 aliphatic rings. The average Bonchev–Trinajstić information content (AvgIpc) is 3.26. The average molecular weight is 326 g/mol. The van der Waals surface area contributed by atoms with Crippen molar-refractivity contribution in [3.05, 3.63) is 24.3 Å². The van der Waals surface area contributed by atoms with Crippen molar-refractivity contribution in [2.24, 2.45) is 11.3 Å². The van der Waals surface area contributed by atoms with Gasteiger partial charge < -0.3 is 10.4 Å². The minimum absolute atomic E-state index is 0.00427. The first-order valence-corrected chi connectivity index (χ1v) is 8.78. The van der Waals surface area contributed by atoms with Gasteiger partial charge in [-0.3, -0.25) is 4.79 Å². The summed E-state index contributed by atoms with van der Waals surface area (Å²) in [6, 6.07) is 6.04. The molecule has 0 atom stereocenters. The van der Waals surface area contributed by atoms with Crippen molar-refractivity contribution < 1.29 is 18.3 Å². The van der Waals surface area contributed by atoms with Gasteiger partial charge in [-0.25, -0.2) is 13.1 Å². The fourth-order valence-corrected chi connectivity index (χ4v) is 3.06. The molecule has 2 rings (SSSR count). The molecule has 0 bridgehead atoms. The van der Waals surface area contributed by atoms with E-state index in [1.54, 1.807) is 26.0 Å². The van der Waals surface area contributed by atoms with Gasteiger partial charge in [0.05, 0.1) is 4.90 Å². The van der Waals surface area contributed by atoms with Gasteiger partial charge in [-0.05, 0) is 37.1 Å². The lowest BCUT2D eigenvalue weighted by atomic mass is 10.1. The molecule has 1 amide bonds. The van der Waals surface area contributed by atoms with Gasteiger partial charge in [0.25, 0.3) is 0 Å². The van der Waals surface area contributed by atoms with E-state index in [-0.39, 0.29) is 35.3 Å². The molecule has 0 saturated heterocycles. The number of benzene rings is 1. The maximum atomic E-state index is 12.2. The first-order chi connectivity index (χ1) is 10.3. The van der Waals surface area contributed by atoms with Crippen LogP contribution in [0.3, 0.4) is 0 Å². The van der Waals surface area contributed by atoms with Gasteiger partial charge in [0.1, 0.15) is 0 Å². The Morgan fingerprint density at radius 2 is 1.86 bits per heavy atom. The third kappa shape index (κ3) is 4.06. The van der Waals surface area contributed by atoms with E-state index in [0.717, 1.165) is 12.8 Å². The summed E-state index contributed by atoms with van der Waals surface area (Å²) in [6.45, 7) is 3.81. The van der Waals surface area contributed by atoms with Crippen molar-refractivity contribution in [1.82, 2.24) is 4.72 Å². The van der Waals surface area contributed by atoms with Crippen LogP contribution in [-0.4, -0.2) is 32.6 Å². The highest BCUT2D eigenvalue weighted by Crippen LogP contribution is 2.44. The Balaban J connectivity index is 2.01. The van der Waals surface area contributed by atoms with E-state index in [4.69, 9.17) is 0 Å². The van der Waals surface area contributed by atoms with Crippen molar-refractivity contribution in [3.63, 3.8) is 0 Å². The number of nitrogens with one attached hydrogen (secondary N) is 2. The lowest BCUT2D eigenvalue weighted by molar-refractivity contribution is -0.118. The lowest BCUT2D eigenvalue weighted by Gasteiger charge is -2.13. The summed E-state index contributed by atoms with van der Waals surface area (Å²) >= 11 is 0. The van der Waals surface area contributed by atoms with Crippen LogP contribution in [-0.2, 0) is 14.8 Å². The molecule has 0 unspecified atom stereocenters. The van der Waals surface area contributed by atoms with Crippen LogP contribution in [0.15, 0.2) is 29.2 Å². The molecular formula is C15H22N2O4S. The van der Waals surface area contributed by atoms with Crippen molar-refractivity contribution in [3.8, 4) is 0 Å². The Labute approximate surface area is 131 Å². The molecule has 0 heterocycles. The molecule has 0 aliphatic heterocycles. The molecule has 1 aromatic carbocycles. The molecule has 1 aromatic rings. The van der Waals surface area contributed by atoms with E-state index in [1.807, 2.05) is 0 Å². The normalized spacial score (nSPS) is 16.5. The maximum absolute atomic E-state index is 12.2. The summed E-state index contributed by atoms with van der Waals surface area (Å²) in [4.78, 5) is 11.7. The standard InChI is InChI=1S/C15H22N2O4S/c1-11(2)14(19)17-12-3-5-13(6-4-12)22(20,21)16-9-15(10-18)7-8-15/h3-6,11,16,18H,7-10H2,1-2H3,(H,17,19). The smallest absolute Gasteiger partial charge is 0.240 e. The molecule has 0 radical (unpaired) electrons. The SMILES string of the molecule is CC(C)C(=O)Nc1ccc(S(=O)(=O)NCC2(CO)CC2)cc1. The summed E-state index contributed by atoms with van der Waals surface area (Å²) < 4.78 is 26.9. The quantitative estimate of drug-likeness (QED) is 0.704. The van der Waals surface area contributed by atoms with Crippen LogP contribution in [0.25, 0.3) is 0 Å². The number of aliphatic hydroxyl groups is 1. The van der Waals surface area contributed by atoms with Crippen LogP contribution in [0.4, 0.5) is 5.69 Å². The highest BCUT2D eigenvalue weighted by Gasteiger charge is 2.42. The second kappa shape index (κ2) is 6.36. The van der Waals surface area contributed by atoms with E-state index in [0.29, 0.717) is 5.69 Å². The summed E-state index contributed by atoms with van der Waals surface area (Å²) in [5.74, 6) is -0.259. The number of hydrogen-bond acceptors (Lipinski definition) is 4. The number of amides is 1. The number of carbonyl (C=O) groups excluding carboxylic acids is 1. The van der Waals surface area contributed by atoms with Crippen LogP contribution < -0.4 is 10.0 Å². The van der Waals surface area contributed by atoms with Crippen LogP contribution in [0, 0.1) is 11.3 Å². The summed E-state index contributed by atoms with van der Waals surface area (Å²) in [5, 5.41) is 11.9. The first kappa shape index (κ1) is 16.9. The van der Waals surface area contributed by atoms with Crippen molar-refractivity contribution in [2.45, 2.75) is 31.6 Å².